The van der Waals surface area contributed by atoms with E-state index in [0.29, 0.717) is 10.8 Å². The van der Waals surface area contributed by atoms with Crippen LogP contribution in [0.25, 0.3) is 0 Å². The Morgan fingerprint density at radius 1 is 1.42 bits per heavy atom. The van der Waals surface area contributed by atoms with Crippen LogP contribution in [0, 0.1) is 0 Å². The zero-order chi connectivity index (χ0) is 13.8. The lowest BCUT2D eigenvalue weighted by atomic mass is 10.2. The minimum atomic E-state index is -0.0654. The van der Waals surface area contributed by atoms with Crippen LogP contribution >= 0.6 is 11.6 Å². The van der Waals surface area contributed by atoms with E-state index in [1.165, 1.54) is 9.80 Å². The van der Waals surface area contributed by atoms with Crippen LogP contribution in [0.5, 0.6) is 0 Å². The van der Waals surface area contributed by atoms with Gasteiger partial charge in [-0.3, -0.25) is 4.79 Å². The third-order valence-electron chi connectivity index (χ3n) is 3.77. The Labute approximate surface area is 118 Å². The van der Waals surface area contributed by atoms with Crippen LogP contribution in [0.2, 0.25) is 5.15 Å². The number of likely N-dealkylation sites (N-methyl/N-ethyl adjacent to an activating group) is 1. The zero-order valence-corrected chi connectivity index (χ0v) is 12.1. The molecule has 1 aromatic heterocycles. The predicted molar refractivity (Wildman–Crippen MR) is 74.7 cm³/mol. The molecular formula is C13H21ClN4O+2. The molecule has 1 saturated heterocycles. The van der Waals surface area contributed by atoms with Gasteiger partial charge >= 0.3 is 0 Å². The molecule has 1 aliphatic heterocycles. The fourth-order valence-corrected chi connectivity index (χ4v) is 2.50. The highest BCUT2D eigenvalue weighted by molar-refractivity contribution is 6.32. The van der Waals surface area contributed by atoms with Gasteiger partial charge in [0, 0.05) is 6.20 Å². The number of hydrogen-bond donors (Lipinski definition) is 3. The van der Waals surface area contributed by atoms with Crippen LogP contribution in [0.15, 0.2) is 18.3 Å². The van der Waals surface area contributed by atoms with Gasteiger partial charge in [0.15, 0.2) is 11.2 Å². The minimum absolute atomic E-state index is 0.00412. The number of nitrogens with zero attached hydrogens (tertiary/aromatic N) is 1. The van der Waals surface area contributed by atoms with Gasteiger partial charge in [0.05, 0.1) is 12.7 Å². The van der Waals surface area contributed by atoms with Gasteiger partial charge in [0.1, 0.15) is 26.2 Å². The number of aromatic nitrogens is 1. The lowest BCUT2D eigenvalue weighted by molar-refractivity contribution is -1.01. The highest BCUT2D eigenvalue weighted by Crippen LogP contribution is 2.17. The van der Waals surface area contributed by atoms with Crippen LogP contribution in [0.4, 0.5) is 5.69 Å². The second-order valence-corrected chi connectivity index (χ2v) is 5.53. The molecule has 19 heavy (non-hydrogen) atoms. The molecule has 0 bridgehead atoms. The number of pyridine rings is 1. The second kappa shape index (κ2) is 6.32. The Kier molecular flexibility index (Phi) is 4.74. The Balaban J connectivity index is 1.94. The van der Waals surface area contributed by atoms with Gasteiger partial charge in [-0.2, -0.15) is 0 Å². The molecule has 2 heterocycles. The number of carbonyl (C=O) groups excluding carboxylic acids is 1. The Morgan fingerprint density at radius 3 is 2.74 bits per heavy atom. The Bertz CT molecular complexity index is 446. The first-order chi connectivity index (χ1) is 9.08. The molecule has 0 aromatic carbocycles. The lowest BCUT2D eigenvalue weighted by Gasteiger charge is -2.30. The van der Waals surface area contributed by atoms with Crippen LogP contribution in [-0.2, 0) is 4.79 Å². The van der Waals surface area contributed by atoms with Gasteiger partial charge < -0.3 is 15.1 Å². The van der Waals surface area contributed by atoms with Gasteiger partial charge in [0.25, 0.3) is 5.91 Å². The summed E-state index contributed by atoms with van der Waals surface area (Å²) in [6.45, 7) is 6.25. The molecule has 6 heteroatoms. The molecule has 1 aliphatic rings. The first-order valence-corrected chi connectivity index (χ1v) is 7.03. The van der Waals surface area contributed by atoms with Crippen molar-refractivity contribution in [2.75, 3.05) is 38.5 Å². The van der Waals surface area contributed by atoms with Crippen molar-refractivity contribution < 1.29 is 14.6 Å². The summed E-state index contributed by atoms with van der Waals surface area (Å²) in [6, 6.07) is 3.46. The van der Waals surface area contributed by atoms with E-state index in [1.807, 2.05) is 6.92 Å². The summed E-state index contributed by atoms with van der Waals surface area (Å²) in [4.78, 5) is 19.0. The van der Waals surface area contributed by atoms with Gasteiger partial charge in [-0.25, -0.2) is 4.98 Å². The third-order valence-corrected chi connectivity index (χ3v) is 4.07. The van der Waals surface area contributed by atoms with Crippen LogP contribution in [-0.4, -0.2) is 50.2 Å². The first kappa shape index (κ1) is 14.2. The van der Waals surface area contributed by atoms with Gasteiger partial charge in [-0.05, 0) is 19.1 Å². The molecule has 0 spiro atoms. The van der Waals surface area contributed by atoms with E-state index in [4.69, 9.17) is 11.6 Å². The molecule has 0 aliphatic carbocycles. The molecule has 1 aromatic rings. The molecule has 1 atom stereocenters. The molecular weight excluding hydrogens is 264 g/mol. The number of carbonyl (C=O) groups is 1. The highest BCUT2D eigenvalue weighted by Gasteiger charge is 2.29. The Morgan fingerprint density at radius 2 is 2.11 bits per heavy atom. The number of piperazine rings is 1. The predicted octanol–water partition coefficient (Wildman–Crippen LogP) is -1.52. The third kappa shape index (κ3) is 3.65. The van der Waals surface area contributed by atoms with Crippen molar-refractivity contribution in [3.05, 3.63) is 23.5 Å². The van der Waals surface area contributed by atoms with Crippen molar-refractivity contribution in [3.8, 4) is 0 Å². The highest BCUT2D eigenvalue weighted by atomic mass is 35.5. The molecule has 1 amide bonds. The maximum Gasteiger partial charge on any atom is 0.282 e. The van der Waals surface area contributed by atoms with Crippen molar-refractivity contribution >= 4 is 23.2 Å². The number of halogens is 1. The molecule has 5 nitrogen and oxygen atoms in total. The first-order valence-electron chi connectivity index (χ1n) is 6.65. The number of rotatable bonds is 3. The molecule has 0 unspecified atom stereocenters. The van der Waals surface area contributed by atoms with E-state index in [9.17, 15) is 4.79 Å². The topological polar surface area (TPSA) is 50.9 Å². The maximum absolute atomic E-state index is 12.2. The number of quaternary nitrogens is 2. The van der Waals surface area contributed by atoms with Gasteiger partial charge in [0.2, 0.25) is 0 Å². The maximum atomic E-state index is 12.2. The van der Waals surface area contributed by atoms with Crippen molar-refractivity contribution in [3.63, 3.8) is 0 Å². The number of anilines is 1. The van der Waals surface area contributed by atoms with Crippen LogP contribution in [0.1, 0.15) is 6.92 Å². The van der Waals surface area contributed by atoms with Crippen molar-refractivity contribution in [1.82, 2.24) is 4.98 Å². The average Bonchev–Trinajstić information content (AvgIpc) is 2.41. The molecule has 1 fully saturated rings. The van der Waals surface area contributed by atoms with E-state index in [0.717, 1.165) is 26.2 Å². The quantitative estimate of drug-likeness (QED) is 0.590. The van der Waals surface area contributed by atoms with Crippen molar-refractivity contribution in [2.45, 2.75) is 13.0 Å². The Hall–Kier alpha value is -1.17. The largest absolute Gasteiger partial charge is 0.328 e. The fourth-order valence-electron chi connectivity index (χ4n) is 2.34. The number of hydrogen-bond acceptors (Lipinski definition) is 2. The number of amides is 1. The fraction of sp³-hybridized carbons (Fsp3) is 0.538. The number of nitrogens with one attached hydrogen (secondary N) is 3. The summed E-state index contributed by atoms with van der Waals surface area (Å²) in [5.41, 5.74) is 0.583. The monoisotopic (exact) mass is 284 g/mol. The van der Waals surface area contributed by atoms with Gasteiger partial charge in [-0.1, -0.05) is 11.6 Å². The summed E-state index contributed by atoms with van der Waals surface area (Å²) in [5.74, 6) is 0.00412. The molecule has 104 valence electrons. The van der Waals surface area contributed by atoms with E-state index >= 15 is 0 Å². The van der Waals surface area contributed by atoms with Crippen LogP contribution < -0.4 is 15.1 Å². The van der Waals surface area contributed by atoms with E-state index < -0.39 is 0 Å². The molecule has 2 rings (SSSR count). The van der Waals surface area contributed by atoms with Crippen molar-refractivity contribution in [2.24, 2.45) is 0 Å². The SMILES string of the molecule is C[C@@H](C(=O)Nc1cccnc1Cl)[NH+]1CC[NH+](C)CC1. The summed E-state index contributed by atoms with van der Waals surface area (Å²) >= 11 is 5.94. The summed E-state index contributed by atoms with van der Waals surface area (Å²) in [6.07, 6.45) is 1.61. The van der Waals surface area contributed by atoms with Crippen molar-refractivity contribution in [1.29, 1.82) is 0 Å². The second-order valence-electron chi connectivity index (χ2n) is 5.17. The van der Waals surface area contributed by atoms with E-state index in [2.05, 4.69) is 17.3 Å². The molecule has 0 saturated carbocycles. The summed E-state index contributed by atoms with van der Waals surface area (Å²) in [5, 5.41) is 3.19. The summed E-state index contributed by atoms with van der Waals surface area (Å²) < 4.78 is 0. The average molecular weight is 285 g/mol. The van der Waals surface area contributed by atoms with Crippen LogP contribution in [0.3, 0.4) is 0 Å². The standard InChI is InChI=1S/C13H19ClN4O/c1-10(18-8-6-17(2)7-9-18)13(19)16-11-4-3-5-15-12(11)14/h3-5,10H,6-9H2,1-2H3,(H,16,19)/p+2/t10-/m0/s1. The minimum Gasteiger partial charge on any atom is -0.328 e. The van der Waals surface area contributed by atoms with Gasteiger partial charge in [-0.15, -0.1) is 0 Å². The lowest BCUT2D eigenvalue weighted by Crippen LogP contribution is -3.29. The van der Waals surface area contributed by atoms with E-state index in [1.54, 1.807) is 18.3 Å². The molecule has 3 N–H and O–H groups in total. The summed E-state index contributed by atoms with van der Waals surface area (Å²) in [7, 11) is 2.19. The zero-order valence-electron chi connectivity index (χ0n) is 11.4. The molecule has 0 radical (unpaired) electrons. The van der Waals surface area contributed by atoms with E-state index in [-0.39, 0.29) is 11.9 Å². The normalized spacial score (nSPS) is 24.8. The smallest absolute Gasteiger partial charge is 0.282 e.